The van der Waals surface area contributed by atoms with Crippen molar-refractivity contribution in [3.05, 3.63) is 33.9 Å². The van der Waals surface area contributed by atoms with E-state index in [1.54, 1.807) is 0 Å². The molecule has 35 heavy (non-hydrogen) atoms. The molecule has 0 radical (unpaired) electrons. The Morgan fingerprint density at radius 2 is 1.40 bits per heavy atom. The number of hydrogen-bond donors (Lipinski definition) is 1. The van der Waals surface area contributed by atoms with Gasteiger partial charge in [0.15, 0.2) is 17.6 Å². The van der Waals surface area contributed by atoms with Crippen LogP contribution in [0, 0.1) is 10.1 Å². The van der Waals surface area contributed by atoms with E-state index in [4.69, 9.17) is 0 Å². The number of carbonyl (C=O) groups excluding carboxylic acids is 1. The zero-order valence-electron chi connectivity index (χ0n) is 22.3. The van der Waals surface area contributed by atoms with Gasteiger partial charge in [-0.15, -0.1) is 0 Å². The molecule has 0 spiro atoms. The third-order valence-electron chi connectivity index (χ3n) is 6.07. The number of nitro groups is 1. The van der Waals surface area contributed by atoms with Gasteiger partial charge in [0.25, 0.3) is 11.2 Å². The molecule has 1 atom stereocenters. The van der Waals surface area contributed by atoms with Crippen LogP contribution in [0.25, 0.3) is 0 Å². The third kappa shape index (κ3) is 13.3. The van der Waals surface area contributed by atoms with Gasteiger partial charge < -0.3 is 14.5 Å². The summed E-state index contributed by atoms with van der Waals surface area (Å²) in [6.45, 7) is 2.40. The van der Waals surface area contributed by atoms with Crippen LogP contribution in [0.3, 0.4) is 0 Å². The number of unbranched alkanes of at least 4 members (excludes halogenated alkanes) is 12. The summed E-state index contributed by atoms with van der Waals surface area (Å²) in [5, 5.41) is 21.8. The minimum absolute atomic E-state index is 0.0900. The van der Waals surface area contributed by atoms with Crippen molar-refractivity contribution in [2.45, 2.75) is 96.8 Å². The summed E-state index contributed by atoms with van der Waals surface area (Å²) in [6.07, 6.45) is 15.9. The van der Waals surface area contributed by atoms with Gasteiger partial charge in [0, 0.05) is 18.6 Å². The number of Topliss-reactive ketones (excluding diaryl/α,β-unsaturated/α-hetero) is 1. The van der Waals surface area contributed by atoms with Gasteiger partial charge in [-0.25, -0.2) is 0 Å². The first kappa shape index (κ1) is 31.4. The van der Waals surface area contributed by atoms with Crippen LogP contribution in [0.2, 0.25) is 0 Å². The van der Waals surface area contributed by atoms with Gasteiger partial charge in [-0.1, -0.05) is 84.0 Å². The molecular weight excluding hydrogens is 463 g/mol. The molecule has 0 bridgehead atoms. The van der Waals surface area contributed by atoms with Crippen LogP contribution in [0.4, 0.5) is 5.69 Å². The average Bonchev–Trinajstić information content (AvgIpc) is 2.79. The van der Waals surface area contributed by atoms with Crippen LogP contribution < -0.4 is 10.2 Å². The number of quaternary nitrogens is 1. The Morgan fingerprint density at radius 3 is 1.86 bits per heavy atom. The quantitative estimate of drug-likeness (QED) is 0.0629. The summed E-state index contributed by atoms with van der Waals surface area (Å²) in [7, 11) is 3.21. The number of likely N-dealkylation sites (N-methyl/N-ethyl adjacent to an activating group) is 1. The summed E-state index contributed by atoms with van der Waals surface area (Å²) in [5.41, 5.74) is -0.333. The van der Waals surface area contributed by atoms with Gasteiger partial charge in [0.2, 0.25) is 0 Å². The van der Waals surface area contributed by atoms with Crippen molar-refractivity contribution >= 4 is 30.0 Å². The first-order chi connectivity index (χ1) is 16.6. The van der Waals surface area contributed by atoms with E-state index in [-0.39, 0.29) is 40.8 Å². The van der Waals surface area contributed by atoms with E-state index in [2.05, 4.69) is 6.92 Å². The van der Waals surface area contributed by atoms with Crippen molar-refractivity contribution in [2.75, 3.05) is 27.7 Å². The highest BCUT2D eigenvalue weighted by atomic mass is 31.1. The molecule has 0 saturated carbocycles. The molecule has 1 aromatic carbocycles. The molecule has 0 heterocycles. The number of hydrogen-bond acceptors (Lipinski definition) is 4. The largest absolute Gasteiger partial charge is 0.624 e. The molecule has 7 nitrogen and oxygen atoms in total. The normalized spacial score (nSPS) is 12.5. The van der Waals surface area contributed by atoms with Gasteiger partial charge in [-0.05, 0) is 12.5 Å². The molecule has 0 aromatic heterocycles. The Morgan fingerprint density at radius 1 is 0.914 bits per heavy atom. The molecule has 1 N–H and O–H groups in total. The molecule has 0 fully saturated rings. The van der Waals surface area contributed by atoms with E-state index in [1.165, 1.54) is 76.0 Å². The number of non-ortho nitro benzene ring substituents is 1. The van der Waals surface area contributed by atoms with Crippen molar-refractivity contribution < 1.29 is 24.2 Å². The number of benzene rings is 1. The maximum absolute atomic E-state index is 12.9. The second kappa shape index (κ2) is 16.9. The first-order valence-electron chi connectivity index (χ1n) is 13.2. The molecule has 0 aliphatic heterocycles. The lowest BCUT2D eigenvalue weighted by Crippen LogP contribution is -2.40. The van der Waals surface area contributed by atoms with Crippen LogP contribution in [0.1, 0.15) is 107 Å². The molecule has 198 valence electrons. The second-order valence-electron chi connectivity index (χ2n) is 10.5. The molecule has 0 saturated heterocycles. The zero-order chi connectivity index (χ0) is 26.3. The molecule has 8 heteroatoms. The number of carbonyl (C=O) groups is 1. The summed E-state index contributed by atoms with van der Waals surface area (Å²) < 4.78 is 0.377. The highest BCUT2D eigenvalue weighted by Crippen LogP contribution is 2.23. The van der Waals surface area contributed by atoms with Crippen molar-refractivity contribution in [3.63, 3.8) is 0 Å². The van der Waals surface area contributed by atoms with E-state index >= 15 is 0 Å². The fourth-order valence-corrected chi connectivity index (χ4v) is 5.55. The smallest absolute Gasteiger partial charge is 0.279 e. The molecule has 0 aliphatic carbocycles. The third-order valence-corrected chi connectivity index (χ3v) is 7.51. The van der Waals surface area contributed by atoms with Crippen LogP contribution in [0.15, 0.2) is 18.2 Å². The highest BCUT2D eigenvalue weighted by Gasteiger charge is 2.26. The molecule has 1 rings (SSSR count). The van der Waals surface area contributed by atoms with Gasteiger partial charge in [0.05, 0.1) is 31.6 Å². The van der Waals surface area contributed by atoms with Crippen LogP contribution in [-0.4, -0.2) is 53.5 Å². The first-order valence-corrected chi connectivity index (χ1v) is 14.5. The highest BCUT2D eigenvalue weighted by molar-refractivity contribution is 7.59. The monoisotopic (exact) mass is 509 g/mol. The molecule has 0 aliphatic rings. The minimum Gasteiger partial charge on any atom is -0.624 e. The van der Waals surface area contributed by atoms with Gasteiger partial charge in [-0.3, -0.25) is 14.9 Å². The van der Waals surface area contributed by atoms with E-state index in [1.807, 2.05) is 21.1 Å². The summed E-state index contributed by atoms with van der Waals surface area (Å²) in [6, 6.07) is 3.79. The number of nitro benzene ring substituents is 1. The van der Waals surface area contributed by atoms with E-state index in [0.29, 0.717) is 10.9 Å². The summed E-state index contributed by atoms with van der Waals surface area (Å²) in [5.74, 6) is -0.256. The zero-order valence-corrected chi connectivity index (χ0v) is 23.2. The fourth-order valence-electron chi connectivity index (χ4n) is 4.10. The molecule has 0 amide bonds. The Bertz CT molecular complexity index is 833. The maximum Gasteiger partial charge on any atom is 0.279 e. The number of nitrogens with zero attached hydrogens (tertiary/aromatic N) is 2. The van der Waals surface area contributed by atoms with Crippen molar-refractivity contribution in [2.24, 2.45) is 0 Å². The lowest BCUT2D eigenvalue weighted by molar-refractivity contribution is -0.861. The van der Waals surface area contributed by atoms with Crippen molar-refractivity contribution in [1.82, 2.24) is 0 Å². The maximum atomic E-state index is 12.9. The molecule has 1 unspecified atom stereocenters. The summed E-state index contributed by atoms with van der Waals surface area (Å²) >= 11 is 0. The Hall–Kier alpha value is -1.66. The fraction of sp³-hybridized carbons (Fsp3) is 0.704. The Kier molecular flexibility index (Phi) is 15.2. The standard InChI is InChI=1S/C27H45N2O5P/c1-5-6-7-8-9-10-11-12-13-14-15-16-17-18-25(30)24-21-23(28(32)33)19-20-26(24)35(34)27(31)22-29(2,3)4/h19-21H,5-18,22H2,1-4H3/p+1. The number of rotatable bonds is 19. The lowest BCUT2D eigenvalue weighted by Gasteiger charge is -2.22. The van der Waals surface area contributed by atoms with Crippen LogP contribution in [0.5, 0.6) is 0 Å². The SMILES string of the molecule is CCCCCCCCCCCCCCCC(=O)c1cc([N+](=O)[O-])ccc1[P+]([O-])=C(O)C[N+](C)(C)C. The molecular formula is C27H46N2O5P+. The number of ketones is 1. The predicted molar refractivity (Wildman–Crippen MR) is 144 cm³/mol. The minimum atomic E-state index is -2.36. The van der Waals surface area contributed by atoms with Crippen LogP contribution in [-0.2, 0) is 0 Å². The van der Waals surface area contributed by atoms with E-state index < -0.39 is 12.7 Å². The number of aliphatic hydroxyl groups excluding tert-OH is 1. The predicted octanol–water partition coefficient (Wildman–Crippen LogP) is 5.85. The van der Waals surface area contributed by atoms with Crippen molar-refractivity contribution in [1.29, 1.82) is 0 Å². The van der Waals surface area contributed by atoms with E-state index in [0.717, 1.165) is 19.3 Å². The Balaban J connectivity index is 2.54. The van der Waals surface area contributed by atoms with Gasteiger partial charge in [-0.2, -0.15) is 0 Å². The van der Waals surface area contributed by atoms with Crippen LogP contribution >= 0.6 is 7.77 Å². The summed E-state index contributed by atoms with van der Waals surface area (Å²) in [4.78, 5) is 36.5. The average molecular weight is 510 g/mol. The second-order valence-corrected chi connectivity index (χ2v) is 12.1. The number of aliphatic hydroxyl groups is 1. The topological polar surface area (TPSA) is 104 Å². The van der Waals surface area contributed by atoms with Gasteiger partial charge in [0.1, 0.15) is 7.77 Å². The lowest BCUT2D eigenvalue weighted by atomic mass is 10.0. The van der Waals surface area contributed by atoms with Gasteiger partial charge >= 0.3 is 0 Å². The van der Waals surface area contributed by atoms with Crippen molar-refractivity contribution in [3.8, 4) is 0 Å². The molecule has 1 aromatic rings. The van der Waals surface area contributed by atoms with E-state index in [9.17, 15) is 24.9 Å². The Labute approximate surface area is 212 Å².